The summed E-state index contributed by atoms with van der Waals surface area (Å²) >= 11 is 1.62. The van der Waals surface area contributed by atoms with Crippen molar-refractivity contribution in [2.24, 2.45) is 0 Å². The van der Waals surface area contributed by atoms with Crippen molar-refractivity contribution >= 4 is 40.6 Å². The summed E-state index contributed by atoms with van der Waals surface area (Å²) in [6, 6.07) is 15.5. The van der Waals surface area contributed by atoms with E-state index in [9.17, 15) is 9.59 Å². The molecule has 0 bridgehead atoms. The zero-order chi connectivity index (χ0) is 21.3. The molecule has 2 N–H and O–H groups in total. The molecule has 7 nitrogen and oxygen atoms in total. The van der Waals surface area contributed by atoms with Crippen molar-refractivity contribution in [3.63, 3.8) is 0 Å². The summed E-state index contributed by atoms with van der Waals surface area (Å²) in [6.45, 7) is 3.49. The molecule has 0 atom stereocenters. The Kier molecular flexibility index (Phi) is 8.12. The standard InChI is InChI=1S/C22H28N4O3S/c1-25(16-22(28)24-18-4-3-5-20(14-18)30-2)15-21(27)23-17-6-8-19(9-7-17)26-10-12-29-13-11-26/h3-9,14H,10-13,15-16H2,1-2H3,(H,23,27)(H,24,28). The molecule has 2 aromatic rings. The average molecular weight is 429 g/mol. The first kappa shape index (κ1) is 22.1. The van der Waals surface area contributed by atoms with Crippen LogP contribution in [0.25, 0.3) is 0 Å². The summed E-state index contributed by atoms with van der Waals surface area (Å²) < 4.78 is 5.37. The molecule has 30 heavy (non-hydrogen) atoms. The van der Waals surface area contributed by atoms with Gasteiger partial charge in [0.05, 0.1) is 26.3 Å². The van der Waals surface area contributed by atoms with Gasteiger partial charge in [-0.2, -0.15) is 0 Å². The zero-order valence-corrected chi connectivity index (χ0v) is 18.2. The molecule has 0 unspecified atom stereocenters. The van der Waals surface area contributed by atoms with Crippen LogP contribution < -0.4 is 15.5 Å². The number of thioether (sulfide) groups is 1. The summed E-state index contributed by atoms with van der Waals surface area (Å²) in [5.74, 6) is -0.313. The Hall–Kier alpha value is -2.55. The largest absolute Gasteiger partial charge is 0.378 e. The van der Waals surface area contributed by atoms with Crippen molar-refractivity contribution in [3.05, 3.63) is 48.5 Å². The van der Waals surface area contributed by atoms with Crippen molar-refractivity contribution in [3.8, 4) is 0 Å². The second-order valence-corrected chi connectivity index (χ2v) is 8.03. The van der Waals surface area contributed by atoms with Gasteiger partial charge in [0, 0.05) is 35.0 Å². The second kappa shape index (κ2) is 11.0. The van der Waals surface area contributed by atoms with Crippen LogP contribution in [0.5, 0.6) is 0 Å². The highest BCUT2D eigenvalue weighted by Gasteiger charge is 2.13. The number of carbonyl (C=O) groups excluding carboxylic acids is 2. The van der Waals surface area contributed by atoms with E-state index in [4.69, 9.17) is 4.74 Å². The molecule has 1 heterocycles. The van der Waals surface area contributed by atoms with Crippen LogP contribution in [0.1, 0.15) is 0 Å². The first-order valence-electron chi connectivity index (χ1n) is 9.88. The number of nitrogens with one attached hydrogen (secondary N) is 2. The third-order valence-corrected chi connectivity index (χ3v) is 5.43. The van der Waals surface area contributed by atoms with Gasteiger partial charge >= 0.3 is 0 Å². The molecular formula is C22H28N4O3S. The van der Waals surface area contributed by atoms with Crippen LogP contribution in [0, 0.1) is 0 Å². The average Bonchev–Trinajstić information content (AvgIpc) is 2.74. The number of nitrogens with zero attached hydrogens (tertiary/aromatic N) is 2. The Bertz CT molecular complexity index is 854. The van der Waals surface area contributed by atoms with Crippen LogP contribution in [-0.4, -0.2) is 69.4 Å². The molecule has 0 saturated carbocycles. The quantitative estimate of drug-likeness (QED) is 0.630. The van der Waals surface area contributed by atoms with Gasteiger partial charge in [-0.3, -0.25) is 14.5 Å². The summed E-state index contributed by atoms with van der Waals surface area (Å²) in [4.78, 5) is 29.6. The maximum Gasteiger partial charge on any atom is 0.238 e. The van der Waals surface area contributed by atoms with Gasteiger partial charge in [0.2, 0.25) is 11.8 Å². The minimum Gasteiger partial charge on any atom is -0.378 e. The molecule has 1 saturated heterocycles. The molecule has 0 radical (unpaired) electrons. The predicted molar refractivity (Wildman–Crippen MR) is 122 cm³/mol. The maximum atomic E-state index is 12.3. The lowest BCUT2D eigenvalue weighted by Crippen LogP contribution is -2.36. The first-order valence-corrected chi connectivity index (χ1v) is 11.1. The Labute approximate surface area is 181 Å². The van der Waals surface area contributed by atoms with Gasteiger partial charge < -0.3 is 20.3 Å². The summed E-state index contributed by atoms with van der Waals surface area (Å²) in [5, 5.41) is 5.75. The van der Waals surface area contributed by atoms with Crippen LogP contribution in [-0.2, 0) is 14.3 Å². The maximum absolute atomic E-state index is 12.3. The fraction of sp³-hybridized carbons (Fsp3) is 0.364. The van der Waals surface area contributed by atoms with Crippen LogP contribution in [0.3, 0.4) is 0 Å². The highest BCUT2D eigenvalue weighted by Crippen LogP contribution is 2.20. The molecule has 1 aliphatic heterocycles. The summed E-state index contributed by atoms with van der Waals surface area (Å²) in [7, 11) is 1.75. The molecule has 0 aromatic heterocycles. The number of hydrogen-bond acceptors (Lipinski definition) is 6. The predicted octanol–water partition coefficient (Wildman–Crippen LogP) is 2.75. The molecule has 0 spiro atoms. The first-order chi connectivity index (χ1) is 14.5. The Morgan fingerprint density at radius 1 is 1.00 bits per heavy atom. The number of carbonyl (C=O) groups is 2. The van der Waals surface area contributed by atoms with Crippen LogP contribution >= 0.6 is 11.8 Å². The molecule has 1 aliphatic rings. The fourth-order valence-corrected chi connectivity index (χ4v) is 3.68. The molecule has 2 amide bonds. The van der Waals surface area contributed by atoms with E-state index in [2.05, 4.69) is 15.5 Å². The number of morpholine rings is 1. The minimum absolute atomic E-state index is 0.128. The summed E-state index contributed by atoms with van der Waals surface area (Å²) in [6.07, 6.45) is 1.99. The van der Waals surface area contributed by atoms with Gasteiger partial charge in [-0.25, -0.2) is 0 Å². The lowest BCUT2D eigenvalue weighted by atomic mass is 10.2. The number of ether oxygens (including phenoxy) is 1. The van der Waals surface area contributed by atoms with Gasteiger partial charge in [-0.15, -0.1) is 11.8 Å². The number of hydrogen-bond donors (Lipinski definition) is 2. The topological polar surface area (TPSA) is 73.9 Å². The molecule has 160 valence electrons. The van der Waals surface area contributed by atoms with Crippen molar-refractivity contribution in [1.82, 2.24) is 4.90 Å². The van der Waals surface area contributed by atoms with E-state index in [1.54, 1.807) is 23.7 Å². The van der Waals surface area contributed by atoms with Crippen molar-refractivity contribution in [2.75, 3.05) is 68.2 Å². The zero-order valence-electron chi connectivity index (χ0n) is 17.4. The molecule has 8 heteroatoms. The number of benzene rings is 2. The van der Waals surface area contributed by atoms with E-state index in [-0.39, 0.29) is 24.9 Å². The number of anilines is 3. The van der Waals surface area contributed by atoms with Gasteiger partial charge in [0.1, 0.15) is 0 Å². The lowest BCUT2D eigenvalue weighted by Gasteiger charge is -2.28. The molecule has 0 aliphatic carbocycles. The molecule has 2 aromatic carbocycles. The molecular weight excluding hydrogens is 400 g/mol. The smallest absolute Gasteiger partial charge is 0.238 e. The van der Waals surface area contributed by atoms with Crippen molar-refractivity contribution < 1.29 is 14.3 Å². The number of likely N-dealkylation sites (N-methyl/N-ethyl adjacent to an activating group) is 1. The van der Waals surface area contributed by atoms with Crippen molar-refractivity contribution in [2.45, 2.75) is 4.90 Å². The lowest BCUT2D eigenvalue weighted by molar-refractivity contribution is -0.119. The SMILES string of the molecule is CSc1cccc(NC(=O)CN(C)CC(=O)Nc2ccc(N3CCOCC3)cc2)c1. The Morgan fingerprint density at radius 2 is 1.63 bits per heavy atom. The van der Waals surface area contributed by atoms with Crippen LogP contribution in [0.15, 0.2) is 53.4 Å². The van der Waals surface area contributed by atoms with Crippen molar-refractivity contribution in [1.29, 1.82) is 0 Å². The molecule has 3 rings (SSSR count). The second-order valence-electron chi connectivity index (χ2n) is 7.15. The van der Waals surface area contributed by atoms with E-state index in [0.29, 0.717) is 0 Å². The van der Waals surface area contributed by atoms with Gasteiger partial charge in [-0.1, -0.05) is 6.07 Å². The van der Waals surface area contributed by atoms with E-state index < -0.39 is 0 Å². The fourth-order valence-electron chi connectivity index (χ4n) is 3.23. The highest BCUT2D eigenvalue weighted by molar-refractivity contribution is 7.98. The van der Waals surface area contributed by atoms with E-state index >= 15 is 0 Å². The van der Waals surface area contributed by atoms with Gasteiger partial charge in [-0.05, 0) is 55.8 Å². The van der Waals surface area contributed by atoms with Gasteiger partial charge in [0.15, 0.2) is 0 Å². The monoisotopic (exact) mass is 428 g/mol. The van der Waals surface area contributed by atoms with E-state index in [0.717, 1.165) is 48.3 Å². The number of amides is 2. The highest BCUT2D eigenvalue weighted by atomic mass is 32.2. The third-order valence-electron chi connectivity index (χ3n) is 4.71. The van der Waals surface area contributed by atoms with Gasteiger partial charge in [0.25, 0.3) is 0 Å². The molecule has 1 fully saturated rings. The van der Waals surface area contributed by atoms with E-state index in [1.165, 1.54) is 0 Å². The van der Waals surface area contributed by atoms with Crippen LogP contribution in [0.2, 0.25) is 0 Å². The third kappa shape index (κ3) is 6.76. The normalized spacial score (nSPS) is 13.9. The number of rotatable bonds is 8. The summed E-state index contributed by atoms with van der Waals surface area (Å²) in [5.41, 5.74) is 2.62. The minimum atomic E-state index is -0.159. The van der Waals surface area contributed by atoms with Crippen LogP contribution in [0.4, 0.5) is 17.1 Å². The Balaban J connectivity index is 1.44. The van der Waals surface area contributed by atoms with E-state index in [1.807, 2.05) is 54.8 Å². The Morgan fingerprint density at radius 3 is 2.27 bits per heavy atom.